The average Bonchev–Trinajstić information content (AvgIpc) is 3.23. The molecule has 1 aromatic rings. The Morgan fingerprint density at radius 3 is 2.72 bits per heavy atom. The Bertz CT molecular complexity index is 468. The standard InChI is InChI=1S/C12H15N3O3/c16-12(17)9-7-13-10(8-1-2-8)14-11(9)15-3-5-18-6-4-15/h7-8H,1-6H2,(H,16,17). The van der Waals surface area contributed by atoms with E-state index in [9.17, 15) is 9.90 Å². The molecule has 6 heteroatoms. The van der Waals surface area contributed by atoms with Crippen molar-refractivity contribution in [1.29, 1.82) is 0 Å². The molecule has 2 fully saturated rings. The number of rotatable bonds is 3. The van der Waals surface area contributed by atoms with Crippen molar-refractivity contribution in [2.45, 2.75) is 18.8 Å². The second-order valence-electron chi connectivity index (χ2n) is 4.64. The van der Waals surface area contributed by atoms with Crippen LogP contribution < -0.4 is 4.90 Å². The van der Waals surface area contributed by atoms with Crippen molar-refractivity contribution in [3.8, 4) is 0 Å². The molecule has 0 radical (unpaired) electrons. The SMILES string of the molecule is O=C(O)c1cnc(C2CC2)nc1N1CCOCC1. The van der Waals surface area contributed by atoms with Gasteiger partial charge < -0.3 is 14.7 Å². The lowest BCUT2D eigenvalue weighted by atomic mass is 10.2. The van der Waals surface area contributed by atoms with E-state index in [1.165, 1.54) is 6.20 Å². The van der Waals surface area contributed by atoms with Crippen molar-refractivity contribution < 1.29 is 14.6 Å². The third-order valence-electron chi connectivity index (χ3n) is 3.27. The fourth-order valence-electron chi connectivity index (χ4n) is 2.09. The van der Waals surface area contributed by atoms with Crippen LogP contribution in [-0.4, -0.2) is 47.3 Å². The van der Waals surface area contributed by atoms with Crippen LogP contribution in [0.5, 0.6) is 0 Å². The number of hydrogen-bond acceptors (Lipinski definition) is 5. The van der Waals surface area contributed by atoms with E-state index in [1.807, 2.05) is 4.90 Å². The van der Waals surface area contributed by atoms with Gasteiger partial charge in [0.15, 0.2) is 0 Å². The van der Waals surface area contributed by atoms with Gasteiger partial charge in [0.2, 0.25) is 0 Å². The molecule has 1 N–H and O–H groups in total. The Kier molecular flexibility index (Phi) is 2.87. The number of nitrogens with zero attached hydrogens (tertiary/aromatic N) is 3. The van der Waals surface area contributed by atoms with Crippen molar-refractivity contribution in [2.75, 3.05) is 31.2 Å². The summed E-state index contributed by atoms with van der Waals surface area (Å²) in [6.07, 6.45) is 3.65. The first kappa shape index (κ1) is 11.4. The molecule has 1 aromatic heterocycles. The van der Waals surface area contributed by atoms with Gasteiger partial charge in [-0.3, -0.25) is 0 Å². The number of ether oxygens (including phenoxy) is 1. The van der Waals surface area contributed by atoms with Gasteiger partial charge in [0.25, 0.3) is 0 Å². The van der Waals surface area contributed by atoms with E-state index in [4.69, 9.17) is 4.74 Å². The fourth-order valence-corrected chi connectivity index (χ4v) is 2.09. The van der Waals surface area contributed by atoms with Gasteiger partial charge in [0.05, 0.1) is 13.2 Å². The zero-order valence-corrected chi connectivity index (χ0v) is 10.0. The number of carboxylic acids is 1. The quantitative estimate of drug-likeness (QED) is 0.857. The van der Waals surface area contributed by atoms with Gasteiger partial charge in [-0.25, -0.2) is 14.8 Å². The molecule has 1 saturated carbocycles. The molecule has 0 amide bonds. The summed E-state index contributed by atoms with van der Waals surface area (Å²) >= 11 is 0. The molecule has 1 saturated heterocycles. The molecule has 3 rings (SSSR count). The summed E-state index contributed by atoms with van der Waals surface area (Å²) < 4.78 is 5.28. The third kappa shape index (κ3) is 2.15. The summed E-state index contributed by atoms with van der Waals surface area (Å²) in [5.41, 5.74) is 0.182. The van der Waals surface area contributed by atoms with Crippen LogP contribution in [0.1, 0.15) is 34.9 Å². The molecule has 0 unspecified atom stereocenters. The van der Waals surface area contributed by atoms with Crippen LogP contribution in [-0.2, 0) is 4.74 Å². The maximum Gasteiger partial charge on any atom is 0.341 e. The fraction of sp³-hybridized carbons (Fsp3) is 0.583. The summed E-state index contributed by atoms with van der Waals surface area (Å²) in [5, 5.41) is 9.20. The lowest BCUT2D eigenvalue weighted by molar-refractivity contribution is 0.0695. The van der Waals surface area contributed by atoms with Crippen LogP contribution in [0.25, 0.3) is 0 Å². The van der Waals surface area contributed by atoms with Crippen LogP contribution in [0, 0.1) is 0 Å². The van der Waals surface area contributed by atoms with Crippen molar-refractivity contribution >= 4 is 11.8 Å². The largest absolute Gasteiger partial charge is 0.477 e. The molecule has 2 aliphatic rings. The third-order valence-corrected chi connectivity index (χ3v) is 3.27. The average molecular weight is 249 g/mol. The molecule has 0 atom stereocenters. The lowest BCUT2D eigenvalue weighted by Gasteiger charge is -2.28. The van der Waals surface area contributed by atoms with Gasteiger partial charge >= 0.3 is 5.97 Å². The summed E-state index contributed by atoms with van der Waals surface area (Å²) in [7, 11) is 0. The minimum absolute atomic E-state index is 0.182. The predicted molar refractivity (Wildman–Crippen MR) is 64.0 cm³/mol. The summed E-state index contributed by atoms with van der Waals surface area (Å²) in [5.74, 6) is 0.774. The number of morpholine rings is 1. The highest BCUT2D eigenvalue weighted by Crippen LogP contribution is 2.38. The lowest BCUT2D eigenvalue weighted by Crippen LogP contribution is -2.38. The topological polar surface area (TPSA) is 75.5 Å². The monoisotopic (exact) mass is 249 g/mol. The van der Waals surface area contributed by atoms with Gasteiger partial charge in [0, 0.05) is 25.2 Å². The minimum Gasteiger partial charge on any atom is -0.477 e. The van der Waals surface area contributed by atoms with Gasteiger partial charge in [0.1, 0.15) is 17.2 Å². The van der Waals surface area contributed by atoms with E-state index < -0.39 is 5.97 Å². The highest BCUT2D eigenvalue weighted by atomic mass is 16.5. The van der Waals surface area contributed by atoms with Crippen molar-refractivity contribution in [3.05, 3.63) is 17.6 Å². The van der Waals surface area contributed by atoms with E-state index in [2.05, 4.69) is 9.97 Å². The van der Waals surface area contributed by atoms with E-state index in [1.54, 1.807) is 0 Å². The molecule has 18 heavy (non-hydrogen) atoms. The van der Waals surface area contributed by atoms with E-state index in [0.717, 1.165) is 18.7 Å². The summed E-state index contributed by atoms with van der Waals surface area (Å²) in [6.45, 7) is 2.59. The molecule has 1 aliphatic carbocycles. The molecule has 2 heterocycles. The van der Waals surface area contributed by atoms with Crippen LogP contribution >= 0.6 is 0 Å². The Labute approximate surface area is 105 Å². The van der Waals surface area contributed by atoms with E-state index in [0.29, 0.717) is 38.0 Å². The first-order chi connectivity index (χ1) is 8.75. The van der Waals surface area contributed by atoms with Crippen LogP contribution in [0.15, 0.2) is 6.20 Å². The van der Waals surface area contributed by atoms with E-state index in [-0.39, 0.29) is 5.56 Å². The molecule has 96 valence electrons. The minimum atomic E-state index is -0.973. The summed E-state index contributed by atoms with van der Waals surface area (Å²) in [4.78, 5) is 21.8. The predicted octanol–water partition coefficient (Wildman–Crippen LogP) is 0.889. The number of carbonyl (C=O) groups is 1. The smallest absolute Gasteiger partial charge is 0.341 e. The molecule has 1 aliphatic heterocycles. The highest BCUT2D eigenvalue weighted by Gasteiger charge is 2.29. The van der Waals surface area contributed by atoms with Crippen LogP contribution in [0.4, 0.5) is 5.82 Å². The maximum atomic E-state index is 11.2. The normalized spacial score (nSPS) is 19.9. The number of carboxylic acid groups (broad SMARTS) is 1. The molecular weight excluding hydrogens is 234 g/mol. The Balaban J connectivity index is 1.96. The number of aromatic nitrogens is 2. The Hall–Kier alpha value is -1.69. The molecule has 0 spiro atoms. The van der Waals surface area contributed by atoms with Crippen molar-refractivity contribution in [3.63, 3.8) is 0 Å². The number of hydrogen-bond donors (Lipinski definition) is 1. The van der Waals surface area contributed by atoms with Crippen molar-refractivity contribution in [1.82, 2.24) is 9.97 Å². The first-order valence-corrected chi connectivity index (χ1v) is 6.18. The van der Waals surface area contributed by atoms with Crippen molar-refractivity contribution in [2.24, 2.45) is 0 Å². The van der Waals surface area contributed by atoms with E-state index >= 15 is 0 Å². The number of aromatic carboxylic acids is 1. The molecule has 0 bridgehead atoms. The van der Waals surface area contributed by atoms with Gasteiger partial charge in [-0.15, -0.1) is 0 Å². The van der Waals surface area contributed by atoms with Gasteiger partial charge in [-0.1, -0.05) is 0 Å². The molecular formula is C12H15N3O3. The molecule has 6 nitrogen and oxygen atoms in total. The van der Waals surface area contributed by atoms with Gasteiger partial charge in [-0.05, 0) is 12.8 Å². The number of anilines is 1. The maximum absolute atomic E-state index is 11.2. The Morgan fingerprint density at radius 1 is 1.39 bits per heavy atom. The second-order valence-corrected chi connectivity index (χ2v) is 4.64. The first-order valence-electron chi connectivity index (χ1n) is 6.18. The second kappa shape index (κ2) is 4.53. The highest BCUT2D eigenvalue weighted by molar-refractivity contribution is 5.93. The Morgan fingerprint density at radius 2 is 2.11 bits per heavy atom. The van der Waals surface area contributed by atoms with Crippen LogP contribution in [0.2, 0.25) is 0 Å². The van der Waals surface area contributed by atoms with Gasteiger partial charge in [-0.2, -0.15) is 0 Å². The zero-order chi connectivity index (χ0) is 12.5. The molecule has 0 aromatic carbocycles. The van der Waals surface area contributed by atoms with Crippen LogP contribution in [0.3, 0.4) is 0 Å². The zero-order valence-electron chi connectivity index (χ0n) is 10.0. The summed E-state index contributed by atoms with van der Waals surface area (Å²) in [6, 6.07) is 0.